The second-order valence-electron chi connectivity index (χ2n) is 5.31. The lowest BCUT2D eigenvalue weighted by Crippen LogP contribution is -2.32. The van der Waals surface area contributed by atoms with Crippen LogP contribution < -0.4 is 0 Å². The van der Waals surface area contributed by atoms with Crippen LogP contribution in [0.5, 0.6) is 5.75 Å². The molecular formula is C14H17N3O3S. The predicted octanol–water partition coefficient (Wildman–Crippen LogP) is 1.78. The summed E-state index contributed by atoms with van der Waals surface area (Å²) in [4.78, 5) is 0.217. The highest BCUT2D eigenvalue weighted by Gasteiger charge is 2.39. The van der Waals surface area contributed by atoms with Gasteiger partial charge in [0.05, 0.1) is 11.9 Å². The van der Waals surface area contributed by atoms with Gasteiger partial charge in [-0.25, -0.2) is 8.42 Å². The molecule has 2 N–H and O–H groups in total. The van der Waals surface area contributed by atoms with Crippen molar-refractivity contribution < 1.29 is 13.5 Å². The Morgan fingerprint density at radius 1 is 1.43 bits per heavy atom. The average molecular weight is 307 g/mol. The molecule has 0 spiro atoms. The maximum absolute atomic E-state index is 12.8. The van der Waals surface area contributed by atoms with E-state index in [4.69, 9.17) is 0 Å². The van der Waals surface area contributed by atoms with Crippen molar-refractivity contribution in [1.82, 2.24) is 14.5 Å². The van der Waals surface area contributed by atoms with Crippen molar-refractivity contribution in [2.24, 2.45) is 0 Å². The minimum atomic E-state index is -3.58. The molecule has 6 nitrogen and oxygen atoms in total. The van der Waals surface area contributed by atoms with Gasteiger partial charge in [-0.3, -0.25) is 5.10 Å². The van der Waals surface area contributed by atoms with E-state index >= 15 is 0 Å². The second-order valence-corrected chi connectivity index (χ2v) is 7.17. The van der Waals surface area contributed by atoms with E-state index in [1.807, 2.05) is 6.07 Å². The minimum Gasteiger partial charge on any atom is -0.508 e. The Labute approximate surface area is 123 Å². The summed E-state index contributed by atoms with van der Waals surface area (Å²) in [6.07, 6.45) is 3.09. The fourth-order valence-corrected chi connectivity index (χ4v) is 4.13. The third-order valence-electron chi connectivity index (χ3n) is 3.57. The van der Waals surface area contributed by atoms with E-state index in [1.54, 1.807) is 25.1 Å². The Morgan fingerprint density at radius 3 is 2.76 bits per heavy atom. The number of sulfonamides is 1. The molecule has 3 rings (SSSR count). The zero-order valence-electron chi connectivity index (χ0n) is 11.7. The molecule has 0 bridgehead atoms. The van der Waals surface area contributed by atoms with Crippen LogP contribution in [0.1, 0.15) is 24.1 Å². The summed E-state index contributed by atoms with van der Waals surface area (Å²) in [6, 6.07) is 6.72. The van der Waals surface area contributed by atoms with Gasteiger partial charge in [-0.15, -0.1) is 0 Å². The van der Waals surface area contributed by atoms with Gasteiger partial charge in [0.2, 0.25) is 10.0 Å². The van der Waals surface area contributed by atoms with Crippen LogP contribution >= 0.6 is 0 Å². The van der Waals surface area contributed by atoms with Crippen molar-refractivity contribution in [1.29, 1.82) is 0 Å². The van der Waals surface area contributed by atoms with Crippen LogP contribution in [0.3, 0.4) is 0 Å². The van der Waals surface area contributed by atoms with Crippen molar-refractivity contribution in [2.75, 3.05) is 0 Å². The molecule has 1 aromatic heterocycles. The zero-order valence-corrected chi connectivity index (χ0v) is 12.5. The molecule has 1 heterocycles. The first-order valence-corrected chi connectivity index (χ1v) is 8.22. The minimum absolute atomic E-state index is 0.0339. The van der Waals surface area contributed by atoms with E-state index < -0.39 is 10.0 Å². The first-order valence-electron chi connectivity index (χ1n) is 6.78. The Kier molecular flexibility index (Phi) is 3.46. The number of hydrogen-bond acceptors (Lipinski definition) is 4. The van der Waals surface area contributed by atoms with Crippen LogP contribution in [0.25, 0.3) is 0 Å². The third kappa shape index (κ3) is 2.79. The number of aromatic amines is 1. The van der Waals surface area contributed by atoms with Crippen LogP contribution in [0.4, 0.5) is 0 Å². The Balaban J connectivity index is 1.94. The Bertz CT molecular complexity index is 750. The highest BCUT2D eigenvalue weighted by Crippen LogP contribution is 2.34. The number of H-pyrrole nitrogens is 1. The maximum atomic E-state index is 12.8. The quantitative estimate of drug-likeness (QED) is 0.881. The summed E-state index contributed by atoms with van der Waals surface area (Å²) in [7, 11) is -3.58. The Morgan fingerprint density at radius 2 is 2.19 bits per heavy atom. The summed E-state index contributed by atoms with van der Waals surface area (Å²) in [5.74, 6) is 0.139. The second kappa shape index (κ2) is 5.16. The first kappa shape index (κ1) is 14.1. The largest absolute Gasteiger partial charge is 0.508 e. The fraction of sp³-hybridized carbons (Fsp3) is 0.357. The topological polar surface area (TPSA) is 86.3 Å². The number of aryl methyl sites for hydroxylation is 1. The van der Waals surface area contributed by atoms with Crippen LogP contribution in [0.15, 0.2) is 35.4 Å². The molecule has 0 radical (unpaired) electrons. The van der Waals surface area contributed by atoms with E-state index in [-0.39, 0.29) is 23.2 Å². The van der Waals surface area contributed by atoms with Crippen LogP contribution in [-0.4, -0.2) is 34.1 Å². The molecule has 21 heavy (non-hydrogen) atoms. The molecule has 1 aliphatic carbocycles. The van der Waals surface area contributed by atoms with E-state index in [0.29, 0.717) is 5.69 Å². The molecule has 2 aromatic rings. The normalized spacial score (nSPS) is 15.5. The fourth-order valence-electron chi connectivity index (χ4n) is 2.33. The lowest BCUT2D eigenvalue weighted by molar-refractivity contribution is 0.397. The SMILES string of the molecule is Cc1[nH]ncc1S(=O)(=O)N(Cc1cccc(O)c1)C1CC1. The van der Waals surface area contributed by atoms with Gasteiger partial charge >= 0.3 is 0 Å². The summed E-state index contributed by atoms with van der Waals surface area (Å²) in [5.41, 5.74) is 1.31. The van der Waals surface area contributed by atoms with Crippen LogP contribution in [0, 0.1) is 6.92 Å². The van der Waals surface area contributed by atoms with Gasteiger partial charge in [-0.2, -0.15) is 9.40 Å². The van der Waals surface area contributed by atoms with Gasteiger partial charge < -0.3 is 5.11 Å². The number of nitrogens with zero attached hydrogens (tertiary/aromatic N) is 2. The molecule has 0 aliphatic heterocycles. The van der Waals surface area contributed by atoms with Crippen molar-refractivity contribution in [3.63, 3.8) is 0 Å². The first-order chi connectivity index (χ1) is 9.98. The summed E-state index contributed by atoms with van der Waals surface area (Å²) in [6.45, 7) is 1.95. The molecule has 0 unspecified atom stereocenters. The summed E-state index contributed by atoms with van der Waals surface area (Å²) in [5, 5.41) is 16.0. The zero-order chi connectivity index (χ0) is 15.0. The number of hydrogen-bond donors (Lipinski definition) is 2. The standard InChI is InChI=1S/C14H17N3O3S/c1-10-14(8-15-16-10)21(19,20)17(12-5-6-12)9-11-3-2-4-13(18)7-11/h2-4,7-8,12,18H,5-6,9H2,1H3,(H,15,16). The average Bonchev–Trinajstić information content (AvgIpc) is 3.17. The molecule has 0 saturated heterocycles. The molecule has 1 aromatic carbocycles. The highest BCUT2D eigenvalue weighted by molar-refractivity contribution is 7.89. The summed E-state index contributed by atoms with van der Waals surface area (Å²) < 4.78 is 27.1. The van der Waals surface area contributed by atoms with Crippen molar-refractivity contribution in [3.8, 4) is 5.75 Å². The number of phenolic OH excluding ortho intramolecular Hbond substituents is 1. The van der Waals surface area contributed by atoms with Crippen molar-refractivity contribution >= 4 is 10.0 Å². The molecular weight excluding hydrogens is 290 g/mol. The van der Waals surface area contributed by atoms with Gasteiger partial charge in [0, 0.05) is 12.6 Å². The molecule has 0 amide bonds. The van der Waals surface area contributed by atoms with E-state index in [0.717, 1.165) is 18.4 Å². The number of aromatic hydroxyl groups is 1. The molecule has 1 aliphatic rings. The van der Waals surface area contributed by atoms with Crippen LogP contribution in [-0.2, 0) is 16.6 Å². The van der Waals surface area contributed by atoms with E-state index in [9.17, 15) is 13.5 Å². The monoisotopic (exact) mass is 307 g/mol. The van der Waals surface area contributed by atoms with E-state index in [1.165, 1.54) is 10.5 Å². The van der Waals surface area contributed by atoms with Crippen molar-refractivity contribution in [2.45, 2.75) is 37.2 Å². The molecule has 112 valence electrons. The number of benzene rings is 1. The third-order valence-corrected chi connectivity index (χ3v) is 5.59. The van der Waals surface area contributed by atoms with Crippen LogP contribution in [0.2, 0.25) is 0 Å². The predicted molar refractivity (Wildman–Crippen MR) is 77.2 cm³/mol. The molecule has 1 fully saturated rings. The van der Waals surface area contributed by atoms with Gasteiger partial charge in [0.1, 0.15) is 10.6 Å². The van der Waals surface area contributed by atoms with Gasteiger partial charge in [-0.1, -0.05) is 12.1 Å². The molecule has 7 heteroatoms. The van der Waals surface area contributed by atoms with Gasteiger partial charge in [0.15, 0.2) is 0 Å². The maximum Gasteiger partial charge on any atom is 0.247 e. The molecule has 0 atom stereocenters. The number of rotatable bonds is 5. The highest BCUT2D eigenvalue weighted by atomic mass is 32.2. The number of aromatic nitrogens is 2. The summed E-state index contributed by atoms with van der Waals surface area (Å²) >= 11 is 0. The lowest BCUT2D eigenvalue weighted by atomic mass is 10.2. The van der Waals surface area contributed by atoms with Crippen molar-refractivity contribution in [3.05, 3.63) is 41.7 Å². The van der Waals surface area contributed by atoms with Gasteiger partial charge in [-0.05, 0) is 37.5 Å². The van der Waals surface area contributed by atoms with E-state index in [2.05, 4.69) is 10.2 Å². The Hall–Kier alpha value is -1.86. The molecule has 1 saturated carbocycles. The van der Waals surface area contributed by atoms with Gasteiger partial charge in [0.25, 0.3) is 0 Å². The number of phenols is 1. The smallest absolute Gasteiger partial charge is 0.247 e. The lowest BCUT2D eigenvalue weighted by Gasteiger charge is -2.21. The number of nitrogens with one attached hydrogen (secondary N) is 1.